The molecule has 1 atom stereocenters. The van der Waals surface area contributed by atoms with E-state index >= 15 is 0 Å². The fourth-order valence-corrected chi connectivity index (χ4v) is 5.43. The van der Waals surface area contributed by atoms with Crippen molar-refractivity contribution in [2.24, 2.45) is 5.41 Å². The van der Waals surface area contributed by atoms with Crippen molar-refractivity contribution in [2.45, 2.75) is 58.0 Å². The zero-order valence-electron chi connectivity index (χ0n) is 15.8. The second-order valence-corrected chi connectivity index (χ2v) is 8.93. The van der Waals surface area contributed by atoms with E-state index in [1.54, 1.807) is 18.3 Å². The summed E-state index contributed by atoms with van der Waals surface area (Å²) in [4.78, 5) is 32.1. The van der Waals surface area contributed by atoms with Crippen molar-refractivity contribution in [3.8, 4) is 0 Å². The molecule has 6 heteroatoms. The van der Waals surface area contributed by atoms with Gasteiger partial charge in [0.25, 0.3) is 5.91 Å². The van der Waals surface area contributed by atoms with E-state index in [0.717, 1.165) is 66.8 Å². The quantitative estimate of drug-likeness (QED) is 0.730. The standard InChI is InChI=1S/C21H26N2O3S/c1-15(19(24)23-12-6-7-13-23)26-20(25)21(10-4-5-11-21)14-18-22-16-8-2-3-9-17(16)27-18/h2-3,8-9,15H,4-7,10-14H2,1H3/t15-/m0/s1. The predicted molar refractivity (Wildman–Crippen MR) is 106 cm³/mol. The summed E-state index contributed by atoms with van der Waals surface area (Å²) in [6.45, 7) is 3.26. The molecule has 1 aliphatic carbocycles. The maximum Gasteiger partial charge on any atom is 0.313 e. The van der Waals surface area contributed by atoms with Gasteiger partial charge in [-0.3, -0.25) is 9.59 Å². The Labute approximate surface area is 163 Å². The van der Waals surface area contributed by atoms with Crippen LogP contribution in [0.5, 0.6) is 0 Å². The first kappa shape index (κ1) is 18.4. The molecule has 0 unspecified atom stereocenters. The second-order valence-electron chi connectivity index (χ2n) is 7.82. The van der Waals surface area contributed by atoms with Gasteiger partial charge in [-0.25, -0.2) is 4.98 Å². The summed E-state index contributed by atoms with van der Waals surface area (Å²) in [6, 6.07) is 8.06. The molecule has 1 saturated carbocycles. The van der Waals surface area contributed by atoms with E-state index < -0.39 is 11.5 Å². The number of ether oxygens (including phenoxy) is 1. The number of hydrogen-bond acceptors (Lipinski definition) is 5. The van der Waals surface area contributed by atoms with E-state index in [1.807, 2.05) is 23.1 Å². The first-order valence-corrected chi connectivity index (χ1v) is 10.7. The molecule has 2 heterocycles. The van der Waals surface area contributed by atoms with Gasteiger partial charge in [0, 0.05) is 19.5 Å². The van der Waals surface area contributed by atoms with Crippen LogP contribution < -0.4 is 0 Å². The third-order valence-electron chi connectivity index (χ3n) is 5.87. The van der Waals surface area contributed by atoms with Gasteiger partial charge in [0.1, 0.15) is 0 Å². The van der Waals surface area contributed by atoms with Gasteiger partial charge in [0.15, 0.2) is 6.10 Å². The minimum absolute atomic E-state index is 0.0611. The van der Waals surface area contributed by atoms with Crippen molar-refractivity contribution in [1.82, 2.24) is 9.88 Å². The molecule has 144 valence electrons. The number of thiazole rings is 1. The van der Waals surface area contributed by atoms with E-state index in [9.17, 15) is 9.59 Å². The largest absolute Gasteiger partial charge is 0.452 e. The van der Waals surface area contributed by atoms with Crippen LogP contribution in [-0.2, 0) is 20.7 Å². The second kappa shape index (κ2) is 7.58. The summed E-state index contributed by atoms with van der Waals surface area (Å²) in [6.07, 6.45) is 5.64. The monoisotopic (exact) mass is 386 g/mol. The van der Waals surface area contributed by atoms with Crippen molar-refractivity contribution in [3.63, 3.8) is 0 Å². The van der Waals surface area contributed by atoms with Gasteiger partial charge < -0.3 is 9.64 Å². The van der Waals surface area contributed by atoms with Crippen LogP contribution in [0, 0.1) is 5.41 Å². The number of fused-ring (bicyclic) bond motifs is 1. The third kappa shape index (κ3) is 3.72. The van der Waals surface area contributed by atoms with Gasteiger partial charge in [-0.05, 0) is 44.7 Å². The number of carbonyl (C=O) groups is 2. The highest BCUT2D eigenvalue weighted by molar-refractivity contribution is 7.18. The molecule has 4 rings (SSSR count). The molecular weight excluding hydrogens is 360 g/mol. The van der Waals surface area contributed by atoms with E-state index in [1.165, 1.54) is 0 Å². The van der Waals surface area contributed by atoms with E-state index in [-0.39, 0.29) is 11.9 Å². The molecular formula is C21H26N2O3S. The Bertz CT molecular complexity index is 802. The van der Waals surface area contributed by atoms with Crippen LogP contribution >= 0.6 is 11.3 Å². The topological polar surface area (TPSA) is 59.5 Å². The number of hydrogen-bond donors (Lipinski definition) is 0. The first-order valence-electron chi connectivity index (χ1n) is 9.92. The summed E-state index contributed by atoms with van der Waals surface area (Å²) < 4.78 is 6.85. The molecule has 27 heavy (non-hydrogen) atoms. The third-order valence-corrected chi connectivity index (χ3v) is 6.91. The Morgan fingerprint density at radius 3 is 2.59 bits per heavy atom. The zero-order valence-corrected chi connectivity index (χ0v) is 16.6. The Morgan fingerprint density at radius 1 is 1.19 bits per heavy atom. The summed E-state index contributed by atoms with van der Waals surface area (Å²) in [5.74, 6) is -0.284. The molecule has 0 N–H and O–H groups in total. The fraction of sp³-hybridized carbons (Fsp3) is 0.571. The molecule has 0 spiro atoms. The number of likely N-dealkylation sites (tertiary alicyclic amines) is 1. The number of nitrogens with zero attached hydrogens (tertiary/aromatic N) is 2. The van der Waals surface area contributed by atoms with Crippen molar-refractivity contribution < 1.29 is 14.3 Å². The molecule has 1 amide bonds. The molecule has 5 nitrogen and oxygen atoms in total. The SMILES string of the molecule is C[C@H](OC(=O)C1(Cc2nc3ccccc3s2)CCCC1)C(=O)N1CCCC1. The van der Waals surface area contributed by atoms with Gasteiger partial charge in [0.2, 0.25) is 0 Å². The lowest BCUT2D eigenvalue weighted by atomic mass is 9.83. The highest BCUT2D eigenvalue weighted by atomic mass is 32.1. The number of benzene rings is 1. The first-order chi connectivity index (χ1) is 13.1. The Kier molecular flexibility index (Phi) is 5.17. The lowest BCUT2D eigenvalue weighted by Crippen LogP contribution is -2.41. The summed E-state index contributed by atoms with van der Waals surface area (Å²) >= 11 is 1.65. The molecule has 0 radical (unpaired) electrons. The smallest absolute Gasteiger partial charge is 0.313 e. The van der Waals surface area contributed by atoms with Crippen LogP contribution in [0.15, 0.2) is 24.3 Å². The van der Waals surface area contributed by atoms with Crippen molar-refractivity contribution in [1.29, 1.82) is 0 Å². The lowest BCUT2D eigenvalue weighted by Gasteiger charge is -2.28. The van der Waals surface area contributed by atoms with Crippen molar-refractivity contribution in [3.05, 3.63) is 29.3 Å². The van der Waals surface area contributed by atoms with Gasteiger partial charge in [-0.2, -0.15) is 0 Å². The number of carbonyl (C=O) groups excluding carboxylic acids is 2. The van der Waals surface area contributed by atoms with Gasteiger partial charge in [-0.15, -0.1) is 11.3 Å². The summed E-state index contributed by atoms with van der Waals surface area (Å²) in [7, 11) is 0. The van der Waals surface area contributed by atoms with E-state index in [2.05, 4.69) is 6.07 Å². The van der Waals surface area contributed by atoms with Crippen LogP contribution in [0.4, 0.5) is 0 Å². The van der Waals surface area contributed by atoms with Crippen molar-refractivity contribution in [2.75, 3.05) is 13.1 Å². The number of para-hydroxylation sites is 1. The average molecular weight is 387 g/mol. The number of rotatable bonds is 5. The van der Waals surface area contributed by atoms with Gasteiger partial charge in [-0.1, -0.05) is 25.0 Å². The highest BCUT2D eigenvalue weighted by Gasteiger charge is 2.44. The molecule has 2 aliphatic rings. The van der Waals surface area contributed by atoms with E-state index in [0.29, 0.717) is 6.42 Å². The predicted octanol–water partition coefficient (Wildman–Crippen LogP) is 3.95. The zero-order chi connectivity index (χ0) is 18.9. The molecule has 1 aromatic carbocycles. The Balaban J connectivity index is 1.48. The minimum Gasteiger partial charge on any atom is -0.452 e. The van der Waals surface area contributed by atoms with Crippen LogP contribution in [0.25, 0.3) is 10.2 Å². The molecule has 1 saturated heterocycles. The Morgan fingerprint density at radius 2 is 1.89 bits per heavy atom. The van der Waals surface area contributed by atoms with Crippen LogP contribution in [0.2, 0.25) is 0 Å². The molecule has 0 bridgehead atoms. The molecule has 2 fully saturated rings. The number of aromatic nitrogens is 1. The minimum atomic E-state index is -0.705. The maximum atomic E-state index is 13.1. The molecule has 2 aromatic rings. The van der Waals surface area contributed by atoms with Gasteiger partial charge in [0.05, 0.1) is 20.6 Å². The van der Waals surface area contributed by atoms with Crippen LogP contribution in [0.3, 0.4) is 0 Å². The highest BCUT2D eigenvalue weighted by Crippen LogP contribution is 2.43. The van der Waals surface area contributed by atoms with Crippen LogP contribution in [-0.4, -0.2) is 41.0 Å². The number of esters is 1. The average Bonchev–Trinajstić information content (AvgIpc) is 3.41. The summed E-state index contributed by atoms with van der Waals surface area (Å²) in [5.41, 5.74) is 0.449. The van der Waals surface area contributed by atoms with E-state index in [4.69, 9.17) is 9.72 Å². The molecule has 1 aliphatic heterocycles. The maximum absolute atomic E-state index is 13.1. The van der Waals surface area contributed by atoms with Crippen molar-refractivity contribution >= 4 is 33.4 Å². The normalized spacial score (nSPS) is 20.1. The fourth-order valence-electron chi connectivity index (χ4n) is 4.32. The van der Waals surface area contributed by atoms with Gasteiger partial charge >= 0.3 is 5.97 Å². The van der Waals surface area contributed by atoms with Crippen LogP contribution in [0.1, 0.15) is 50.5 Å². The Hall–Kier alpha value is -1.95. The summed E-state index contributed by atoms with van der Waals surface area (Å²) in [5, 5.41) is 0.980. The number of amides is 1. The molecule has 1 aromatic heterocycles. The lowest BCUT2D eigenvalue weighted by molar-refractivity contribution is -0.167.